The first-order valence-corrected chi connectivity index (χ1v) is 5.06. The molecule has 0 aromatic carbocycles. The number of aliphatic hydroxyl groups excluding tert-OH is 1. The average molecular weight is 201 g/mol. The molecule has 0 atom stereocenters. The van der Waals surface area contributed by atoms with Crippen LogP contribution in [0.5, 0.6) is 0 Å². The van der Waals surface area contributed by atoms with Crippen LogP contribution in [0.25, 0.3) is 0 Å². The number of hydrogen-bond acceptors (Lipinski definition) is 3. The van der Waals surface area contributed by atoms with E-state index < -0.39 is 0 Å². The highest BCUT2D eigenvalue weighted by atomic mass is 16.3. The minimum Gasteiger partial charge on any atom is -0.395 e. The molecule has 1 saturated heterocycles. The average Bonchev–Trinajstić information content (AvgIpc) is 2.18. The molecule has 0 bridgehead atoms. The van der Waals surface area contributed by atoms with E-state index in [2.05, 4.69) is 22.6 Å². The molecule has 0 aromatic heterocycles. The van der Waals surface area contributed by atoms with Crippen molar-refractivity contribution in [3.63, 3.8) is 0 Å². The number of piperidine rings is 1. The lowest BCUT2D eigenvalue weighted by molar-refractivity contribution is 0.210. The van der Waals surface area contributed by atoms with E-state index in [1.54, 1.807) is 0 Å². The summed E-state index contributed by atoms with van der Waals surface area (Å²) < 4.78 is 0. The zero-order chi connectivity index (χ0) is 10.4. The van der Waals surface area contributed by atoms with Crippen molar-refractivity contribution in [2.75, 3.05) is 33.3 Å². The Morgan fingerprint density at radius 2 is 2.14 bits per heavy atom. The molecule has 2 amide bonds. The van der Waals surface area contributed by atoms with Crippen molar-refractivity contribution in [1.29, 1.82) is 0 Å². The molecule has 1 fully saturated rings. The minimum absolute atomic E-state index is 0.0131. The fourth-order valence-corrected chi connectivity index (χ4v) is 1.56. The summed E-state index contributed by atoms with van der Waals surface area (Å²) in [5.74, 6) is 0. The summed E-state index contributed by atoms with van der Waals surface area (Å²) in [6.45, 7) is 2.37. The normalized spacial score (nSPS) is 19.3. The van der Waals surface area contributed by atoms with Gasteiger partial charge in [0.25, 0.3) is 0 Å². The summed E-state index contributed by atoms with van der Waals surface area (Å²) in [7, 11) is 2.09. The molecule has 0 spiro atoms. The number of aliphatic hydroxyl groups is 1. The summed E-state index contributed by atoms with van der Waals surface area (Å²) in [5.41, 5.74) is 0. The van der Waals surface area contributed by atoms with Crippen LogP contribution in [0.2, 0.25) is 0 Å². The molecular weight excluding hydrogens is 182 g/mol. The van der Waals surface area contributed by atoms with Crippen molar-refractivity contribution in [2.45, 2.75) is 18.9 Å². The smallest absolute Gasteiger partial charge is 0.315 e. The van der Waals surface area contributed by atoms with Crippen molar-refractivity contribution in [1.82, 2.24) is 15.5 Å². The number of nitrogens with one attached hydrogen (secondary N) is 2. The van der Waals surface area contributed by atoms with Gasteiger partial charge >= 0.3 is 6.03 Å². The van der Waals surface area contributed by atoms with Gasteiger partial charge in [-0.25, -0.2) is 4.79 Å². The van der Waals surface area contributed by atoms with Gasteiger partial charge < -0.3 is 20.6 Å². The Kier molecular flexibility index (Phi) is 4.69. The van der Waals surface area contributed by atoms with E-state index in [9.17, 15) is 4.79 Å². The van der Waals surface area contributed by atoms with Crippen LogP contribution in [0.4, 0.5) is 4.79 Å². The zero-order valence-electron chi connectivity index (χ0n) is 8.62. The first kappa shape index (κ1) is 11.3. The molecule has 3 N–H and O–H groups in total. The fraction of sp³-hybridized carbons (Fsp3) is 0.889. The molecule has 1 rings (SSSR count). The standard InChI is InChI=1S/C9H19N3O2/c1-12-5-2-8(3-6-12)11-9(14)10-4-7-13/h8,13H,2-7H2,1H3,(H2,10,11,14). The van der Waals surface area contributed by atoms with E-state index in [1.165, 1.54) is 0 Å². The molecule has 1 heterocycles. The molecule has 82 valence electrons. The molecule has 14 heavy (non-hydrogen) atoms. The maximum Gasteiger partial charge on any atom is 0.315 e. The van der Waals surface area contributed by atoms with Crippen LogP contribution in [0.15, 0.2) is 0 Å². The summed E-state index contributed by atoms with van der Waals surface area (Å²) >= 11 is 0. The molecule has 0 saturated carbocycles. The van der Waals surface area contributed by atoms with E-state index in [1.807, 2.05) is 0 Å². The van der Waals surface area contributed by atoms with Crippen molar-refractivity contribution in [2.24, 2.45) is 0 Å². The van der Waals surface area contributed by atoms with Gasteiger partial charge in [0.05, 0.1) is 6.61 Å². The molecule has 0 aliphatic carbocycles. The molecular formula is C9H19N3O2. The predicted octanol–water partition coefficient (Wildman–Crippen LogP) is -0.628. The summed E-state index contributed by atoms with van der Waals surface area (Å²) in [4.78, 5) is 13.5. The second-order valence-corrected chi connectivity index (χ2v) is 3.70. The Balaban J connectivity index is 2.14. The molecule has 1 aliphatic heterocycles. The van der Waals surface area contributed by atoms with Gasteiger partial charge in [0.15, 0.2) is 0 Å². The van der Waals surface area contributed by atoms with Gasteiger partial charge in [-0.15, -0.1) is 0 Å². The Morgan fingerprint density at radius 1 is 1.50 bits per heavy atom. The number of carbonyl (C=O) groups excluding carboxylic acids is 1. The first-order valence-electron chi connectivity index (χ1n) is 5.06. The summed E-state index contributed by atoms with van der Waals surface area (Å²) in [6.07, 6.45) is 2.01. The zero-order valence-corrected chi connectivity index (χ0v) is 8.62. The highest BCUT2D eigenvalue weighted by Gasteiger charge is 2.17. The molecule has 5 nitrogen and oxygen atoms in total. The van der Waals surface area contributed by atoms with Gasteiger partial charge in [-0.1, -0.05) is 0 Å². The molecule has 0 radical (unpaired) electrons. The number of urea groups is 1. The van der Waals surface area contributed by atoms with E-state index in [4.69, 9.17) is 5.11 Å². The van der Waals surface area contributed by atoms with Gasteiger partial charge in [0, 0.05) is 12.6 Å². The molecule has 5 heteroatoms. The van der Waals surface area contributed by atoms with E-state index >= 15 is 0 Å². The lowest BCUT2D eigenvalue weighted by Gasteiger charge is -2.29. The number of nitrogens with zero attached hydrogens (tertiary/aromatic N) is 1. The highest BCUT2D eigenvalue weighted by Crippen LogP contribution is 2.07. The van der Waals surface area contributed by atoms with Crippen molar-refractivity contribution in [3.05, 3.63) is 0 Å². The van der Waals surface area contributed by atoms with Gasteiger partial charge in [0.2, 0.25) is 0 Å². The molecule has 0 unspecified atom stereocenters. The summed E-state index contributed by atoms with van der Waals surface area (Å²) in [6, 6.07) is 0.110. The van der Waals surface area contributed by atoms with E-state index in [0.717, 1.165) is 25.9 Å². The topological polar surface area (TPSA) is 64.6 Å². The lowest BCUT2D eigenvalue weighted by atomic mass is 10.1. The first-order chi connectivity index (χ1) is 6.72. The number of hydrogen-bond donors (Lipinski definition) is 3. The van der Waals surface area contributed by atoms with Crippen LogP contribution in [0.3, 0.4) is 0 Å². The fourth-order valence-electron chi connectivity index (χ4n) is 1.56. The Labute approximate surface area is 84.5 Å². The van der Waals surface area contributed by atoms with Gasteiger partial charge in [-0.3, -0.25) is 0 Å². The molecule has 1 aliphatic rings. The number of amides is 2. The third kappa shape index (κ3) is 3.93. The molecule has 0 aromatic rings. The van der Waals surface area contributed by atoms with Crippen LogP contribution in [0.1, 0.15) is 12.8 Å². The maximum absolute atomic E-state index is 11.2. The highest BCUT2D eigenvalue weighted by molar-refractivity contribution is 5.74. The largest absolute Gasteiger partial charge is 0.395 e. The quantitative estimate of drug-likeness (QED) is 0.570. The predicted molar refractivity (Wildman–Crippen MR) is 54.1 cm³/mol. The number of carbonyl (C=O) groups is 1. The Bertz CT molecular complexity index is 179. The monoisotopic (exact) mass is 201 g/mol. The van der Waals surface area contributed by atoms with Crippen molar-refractivity contribution < 1.29 is 9.90 Å². The Morgan fingerprint density at radius 3 is 2.71 bits per heavy atom. The van der Waals surface area contributed by atoms with Gasteiger partial charge in [0.1, 0.15) is 0 Å². The maximum atomic E-state index is 11.2. The van der Waals surface area contributed by atoms with Crippen molar-refractivity contribution >= 4 is 6.03 Å². The number of likely N-dealkylation sites (tertiary alicyclic amines) is 1. The third-order valence-corrected chi connectivity index (χ3v) is 2.45. The SMILES string of the molecule is CN1CCC(NC(=O)NCCO)CC1. The lowest BCUT2D eigenvalue weighted by Crippen LogP contribution is -2.47. The second-order valence-electron chi connectivity index (χ2n) is 3.70. The van der Waals surface area contributed by atoms with Crippen LogP contribution < -0.4 is 10.6 Å². The van der Waals surface area contributed by atoms with Crippen LogP contribution in [-0.2, 0) is 0 Å². The third-order valence-electron chi connectivity index (χ3n) is 2.45. The minimum atomic E-state index is -0.173. The second kappa shape index (κ2) is 5.82. The van der Waals surface area contributed by atoms with Crippen LogP contribution in [-0.4, -0.2) is 55.4 Å². The van der Waals surface area contributed by atoms with E-state index in [-0.39, 0.29) is 18.7 Å². The van der Waals surface area contributed by atoms with Gasteiger partial charge in [-0.2, -0.15) is 0 Å². The summed E-state index contributed by atoms with van der Waals surface area (Å²) in [5, 5.41) is 14.0. The Hall–Kier alpha value is -0.810. The van der Waals surface area contributed by atoms with E-state index in [0.29, 0.717) is 6.54 Å². The van der Waals surface area contributed by atoms with Crippen LogP contribution >= 0.6 is 0 Å². The number of rotatable bonds is 3. The van der Waals surface area contributed by atoms with Gasteiger partial charge in [-0.05, 0) is 33.0 Å². The van der Waals surface area contributed by atoms with Crippen molar-refractivity contribution in [3.8, 4) is 0 Å². The van der Waals surface area contributed by atoms with Crippen LogP contribution in [0, 0.1) is 0 Å².